The largest absolute Gasteiger partial charge is 0.352 e. The molecule has 0 saturated heterocycles. The average Bonchev–Trinajstić information content (AvgIpc) is 2.36. The maximum Gasteiger partial charge on any atom is 0.261 e. The van der Waals surface area contributed by atoms with Gasteiger partial charge in [-0.25, -0.2) is 12.8 Å². The van der Waals surface area contributed by atoms with E-state index in [-0.39, 0.29) is 17.4 Å². The topological polar surface area (TPSA) is 80.3 Å². The summed E-state index contributed by atoms with van der Waals surface area (Å²) in [7, 11) is 0.0542. The van der Waals surface area contributed by atoms with Gasteiger partial charge in [0.1, 0.15) is 5.82 Å². The van der Waals surface area contributed by atoms with Gasteiger partial charge in [-0.05, 0) is 24.6 Å². The van der Waals surface area contributed by atoms with E-state index in [4.69, 9.17) is 10.7 Å². The lowest BCUT2D eigenvalue weighted by Gasteiger charge is -2.10. The predicted molar refractivity (Wildman–Crippen MR) is 79.9 cm³/mol. The molecule has 0 heterocycles. The van der Waals surface area contributed by atoms with Gasteiger partial charge in [-0.15, -0.1) is 0 Å². The lowest BCUT2D eigenvalue weighted by molar-refractivity contribution is 0.0949. The first kappa shape index (κ1) is 18.1. The van der Waals surface area contributed by atoms with Gasteiger partial charge in [0.15, 0.2) is 0 Å². The van der Waals surface area contributed by atoms with Gasteiger partial charge in [0.2, 0.25) is 0 Å². The zero-order valence-corrected chi connectivity index (χ0v) is 13.8. The van der Waals surface area contributed by atoms with Crippen LogP contribution in [0.4, 0.5) is 4.39 Å². The molecule has 118 valence electrons. The Balaban J connectivity index is 2.74. The van der Waals surface area contributed by atoms with E-state index in [1.807, 2.05) is 0 Å². The minimum absolute atomic E-state index is 0.0843. The molecule has 1 rings (SSSR count). The second-order valence-corrected chi connectivity index (χ2v) is 8.80. The molecule has 0 radical (unpaired) electrons. The molecule has 21 heavy (non-hydrogen) atoms. The first-order valence-corrected chi connectivity index (χ1v) is 9.90. The van der Waals surface area contributed by atoms with Crippen LogP contribution in [0.2, 0.25) is 0 Å². The molecule has 1 N–H and O–H groups in total. The Morgan fingerprint density at radius 3 is 2.57 bits per heavy atom. The fourth-order valence-corrected chi connectivity index (χ4v) is 2.69. The Morgan fingerprint density at radius 2 is 2.10 bits per heavy atom. The van der Waals surface area contributed by atoms with Gasteiger partial charge < -0.3 is 5.32 Å². The van der Waals surface area contributed by atoms with E-state index in [0.717, 1.165) is 12.1 Å². The Kier molecular flexibility index (Phi) is 6.30. The molecule has 1 aromatic carbocycles. The van der Waals surface area contributed by atoms with Crippen molar-refractivity contribution in [3.8, 4) is 0 Å². The molecule has 1 amide bonds. The summed E-state index contributed by atoms with van der Waals surface area (Å²) < 4.78 is 46.9. The summed E-state index contributed by atoms with van der Waals surface area (Å²) in [6.07, 6.45) is 2.06. The minimum atomic E-state index is -4.04. The third-order valence-electron chi connectivity index (χ3n) is 2.87. The van der Waals surface area contributed by atoms with Crippen LogP contribution in [0, 0.1) is 5.82 Å². The first-order chi connectivity index (χ1) is 9.62. The van der Waals surface area contributed by atoms with Crippen LogP contribution in [-0.2, 0) is 19.9 Å². The van der Waals surface area contributed by atoms with E-state index in [2.05, 4.69) is 5.32 Å². The van der Waals surface area contributed by atoms with Crippen LogP contribution in [0.5, 0.6) is 0 Å². The summed E-state index contributed by atoms with van der Waals surface area (Å²) in [5.41, 5.74) is -0.274. The van der Waals surface area contributed by atoms with Gasteiger partial charge in [0.25, 0.3) is 15.0 Å². The molecule has 2 unspecified atom stereocenters. The molecule has 5 nitrogen and oxygen atoms in total. The maximum absolute atomic E-state index is 13.7. The molecule has 9 heteroatoms. The van der Waals surface area contributed by atoms with Crippen LogP contribution >= 0.6 is 10.7 Å². The standard InChI is InChI=1S/C12H15ClFNO4S2/c1-8(20(2)17)5-6-15-12(16)10-4-3-9(7-11(10)14)21(13,18)19/h3-4,7-8H,5-6H2,1-2H3,(H,15,16). The number of amides is 1. The second-order valence-electron chi connectivity index (χ2n) is 4.43. The highest BCUT2D eigenvalue weighted by molar-refractivity contribution is 8.13. The van der Waals surface area contributed by atoms with Crippen molar-refractivity contribution in [2.75, 3.05) is 12.8 Å². The van der Waals surface area contributed by atoms with E-state index in [1.54, 1.807) is 13.2 Å². The summed E-state index contributed by atoms with van der Waals surface area (Å²) in [5.74, 6) is -1.64. The lowest BCUT2D eigenvalue weighted by atomic mass is 10.2. The number of carbonyl (C=O) groups is 1. The van der Waals surface area contributed by atoms with Crippen molar-refractivity contribution in [1.82, 2.24) is 5.32 Å². The maximum atomic E-state index is 13.7. The van der Waals surface area contributed by atoms with Gasteiger partial charge >= 0.3 is 0 Å². The molecular weight excluding hydrogens is 341 g/mol. The van der Waals surface area contributed by atoms with E-state index in [9.17, 15) is 21.8 Å². The molecule has 0 bridgehead atoms. The molecule has 2 atom stereocenters. The van der Waals surface area contributed by atoms with Gasteiger partial charge in [-0.2, -0.15) is 0 Å². The van der Waals surface area contributed by atoms with Gasteiger partial charge in [0, 0.05) is 39.5 Å². The van der Waals surface area contributed by atoms with Gasteiger partial charge in [-0.1, -0.05) is 6.92 Å². The van der Waals surface area contributed by atoms with Crippen molar-refractivity contribution in [2.45, 2.75) is 23.5 Å². The van der Waals surface area contributed by atoms with E-state index >= 15 is 0 Å². The normalized spacial score (nSPS) is 14.5. The highest BCUT2D eigenvalue weighted by Gasteiger charge is 2.17. The van der Waals surface area contributed by atoms with Crippen molar-refractivity contribution in [1.29, 1.82) is 0 Å². The van der Waals surface area contributed by atoms with Crippen LogP contribution in [0.25, 0.3) is 0 Å². The first-order valence-electron chi connectivity index (χ1n) is 5.97. The minimum Gasteiger partial charge on any atom is -0.352 e. The number of hydrogen-bond acceptors (Lipinski definition) is 4. The smallest absolute Gasteiger partial charge is 0.261 e. The van der Waals surface area contributed by atoms with Gasteiger partial charge in [0.05, 0.1) is 10.5 Å². The molecular formula is C12H15ClFNO4S2. The van der Waals surface area contributed by atoms with Crippen molar-refractivity contribution in [2.24, 2.45) is 0 Å². The number of rotatable bonds is 6. The SMILES string of the molecule is CC(CCNC(=O)c1ccc(S(=O)(=O)Cl)cc1F)S(C)=O. The molecule has 0 aliphatic heterocycles. The highest BCUT2D eigenvalue weighted by Crippen LogP contribution is 2.18. The Bertz CT molecular complexity index is 663. The molecule has 0 saturated carbocycles. The fraction of sp³-hybridized carbons (Fsp3) is 0.417. The second kappa shape index (κ2) is 7.33. The summed E-state index contributed by atoms with van der Waals surface area (Å²) in [4.78, 5) is 11.4. The zero-order chi connectivity index (χ0) is 16.2. The monoisotopic (exact) mass is 355 g/mol. The van der Waals surface area contributed by atoms with Gasteiger partial charge in [-0.3, -0.25) is 9.00 Å². The van der Waals surface area contributed by atoms with Crippen LogP contribution in [0.15, 0.2) is 23.1 Å². The average molecular weight is 356 g/mol. The molecule has 0 aliphatic rings. The van der Waals surface area contributed by atoms with Crippen molar-refractivity contribution in [3.05, 3.63) is 29.6 Å². The summed E-state index contributed by atoms with van der Waals surface area (Å²) in [6, 6.07) is 2.81. The highest BCUT2D eigenvalue weighted by atomic mass is 35.7. The molecule has 0 spiro atoms. The Morgan fingerprint density at radius 1 is 1.48 bits per heavy atom. The Hall–Kier alpha value is -0.990. The summed E-state index contributed by atoms with van der Waals surface area (Å²) >= 11 is 0. The third kappa shape index (κ3) is 5.37. The zero-order valence-electron chi connectivity index (χ0n) is 11.4. The molecule has 0 fully saturated rings. The third-order valence-corrected chi connectivity index (χ3v) is 5.59. The summed E-state index contributed by atoms with van der Waals surface area (Å²) in [5, 5.41) is 2.40. The van der Waals surface area contributed by atoms with Crippen LogP contribution in [0.1, 0.15) is 23.7 Å². The van der Waals surface area contributed by atoms with E-state index < -0.39 is 36.5 Å². The van der Waals surface area contributed by atoms with Crippen LogP contribution < -0.4 is 5.32 Å². The number of halogens is 2. The molecule has 0 aliphatic carbocycles. The number of hydrogen-bond donors (Lipinski definition) is 1. The van der Waals surface area contributed by atoms with Crippen molar-refractivity contribution in [3.63, 3.8) is 0 Å². The number of nitrogens with one attached hydrogen (secondary N) is 1. The molecule has 0 aromatic heterocycles. The van der Waals surface area contributed by atoms with Crippen LogP contribution in [-0.4, -0.2) is 36.6 Å². The summed E-state index contributed by atoms with van der Waals surface area (Å²) in [6.45, 7) is 2.03. The quantitative estimate of drug-likeness (QED) is 0.787. The van der Waals surface area contributed by atoms with Crippen LogP contribution in [0.3, 0.4) is 0 Å². The Labute approximate surface area is 129 Å². The fourth-order valence-electron chi connectivity index (χ4n) is 1.48. The number of benzene rings is 1. The van der Waals surface area contributed by atoms with Crippen molar-refractivity contribution < 1.29 is 21.8 Å². The predicted octanol–water partition coefficient (Wildman–Crippen LogP) is 1.64. The van der Waals surface area contributed by atoms with Crippen molar-refractivity contribution >= 4 is 36.4 Å². The van der Waals surface area contributed by atoms with E-state index in [0.29, 0.717) is 12.5 Å². The lowest BCUT2D eigenvalue weighted by Crippen LogP contribution is -2.28. The molecule has 1 aromatic rings. The van der Waals surface area contributed by atoms with E-state index in [1.165, 1.54) is 0 Å². The number of carbonyl (C=O) groups excluding carboxylic acids is 1.